The summed E-state index contributed by atoms with van der Waals surface area (Å²) in [7, 11) is 0. The van der Waals surface area contributed by atoms with Gasteiger partial charge in [0.15, 0.2) is 0 Å². The monoisotopic (exact) mass is 149 g/mol. The Bertz CT molecular complexity index is 218. The minimum atomic E-state index is 0.786. The maximum absolute atomic E-state index is 5.43. The Morgan fingerprint density at radius 2 is 2.00 bits per heavy atom. The number of nitrogens with two attached hydrogens (primary N) is 1. The Hall–Kier alpha value is -0.820. The molecular formula is C10H15N. The molecule has 2 N–H and O–H groups in total. The maximum Gasteiger partial charge on any atom is -0.00741 e. The van der Waals surface area contributed by atoms with Gasteiger partial charge in [-0.15, -0.1) is 0 Å². The first-order valence-corrected chi connectivity index (χ1v) is 4.09. The van der Waals surface area contributed by atoms with Gasteiger partial charge in [0.25, 0.3) is 0 Å². The van der Waals surface area contributed by atoms with Gasteiger partial charge in [-0.1, -0.05) is 24.3 Å². The minimum Gasteiger partial charge on any atom is -0.330 e. The van der Waals surface area contributed by atoms with E-state index >= 15 is 0 Å². The van der Waals surface area contributed by atoms with Crippen LogP contribution in [-0.2, 0) is 6.42 Å². The average molecular weight is 149 g/mol. The Morgan fingerprint density at radius 1 is 1.27 bits per heavy atom. The third-order valence-electron chi connectivity index (χ3n) is 1.91. The molecule has 60 valence electrons. The van der Waals surface area contributed by atoms with E-state index in [4.69, 9.17) is 5.73 Å². The zero-order valence-electron chi connectivity index (χ0n) is 7.01. The molecule has 0 spiro atoms. The molecule has 0 aliphatic carbocycles. The van der Waals surface area contributed by atoms with Crippen LogP contribution >= 0.6 is 0 Å². The van der Waals surface area contributed by atoms with Crippen molar-refractivity contribution in [3.63, 3.8) is 0 Å². The standard InChI is InChI=1S/C10H15N/c1-9-5-2-3-6-10(9)7-4-8-11/h2-3,5-6H,4,7-8,11H2,1H3. The summed E-state index contributed by atoms with van der Waals surface area (Å²) in [5.74, 6) is 0. The van der Waals surface area contributed by atoms with Gasteiger partial charge in [0.2, 0.25) is 0 Å². The quantitative estimate of drug-likeness (QED) is 0.697. The molecule has 1 aromatic rings. The van der Waals surface area contributed by atoms with Crippen LogP contribution in [0.2, 0.25) is 0 Å². The predicted molar refractivity (Wildman–Crippen MR) is 48.6 cm³/mol. The first-order chi connectivity index (χ1) is 5.34. The van der Waals surface area contributed by atoms with Crippen LogP contribution in [-0.4, -0.2) is 6.54 Å². The van der Waals surface area contributed by atoms with Crippen molar-refractivity contribution in [3.05, 3.63) is 35.4 Å². The molecule has 0 aliphatic heterocycles. The largest absolute Gasteiger partial charge is 0.330 e. The van der Waals surface area contributed by atoms with Crippen molar-refractivity contribution in [1.82, 2.24) is 0 Å². The van der Waals surface area contributed by atoms with Crippen LogP contribution in [0.4, 0.5) is 0 Å². The molecule has 0 unspecified atom stereocenters. The Kier molecular flexibility index (Phi) is 3.12. The lowest BCUT2D eigenvalue weighted by Crippen LogP contribution is -2.00. The van der Waals surface area contributed by atoms with Crippen LogP contribution in [0.5, 0.6) is 0 Å². The van der Waals surface area contributed by atoms with Gasteiger partial charge in [0.05, 0.1) is 0 Å². The van der Waals surface area contributed by atoms with Crippen molar-refractivity contribution in [1.29, 1.82) is 0 Å². The topological polar surface area (TPSA) is 26.0 Å². The third kappa shape index (κ3) is 2.35. The van der Waals surface area contributed by atoms with Crippen molar-refractivity contribution < 1.29 is 0 Å². The van der Waals surface area contributed by atoms with Gasteiger partial charge >= 0.3 is 0 Å². The fraction of sp³-hybridized carbons (Fsp3) is 0.400. The van der Waals surface area contributed by atoms with E-state index in [9.17, 15) is 0 Å². The molecule has 0 saturated carbocycles. The summed E-state index contributed by atoms with van der Waals surface area (Å²) in [6.07, 6.45) is 2.20. The van der Waals surface area contributed by atoms with E-state index in [0.717, 1.165) is 19.4 Å². The summed E-state index contributed by atoms with van der Waals surface area (Å²) in [4.78, 5) is 0. The second-order valence-corrected chi connectivity index (χ2v) is 2.82. The molecule has 0 fully saturated rings. The van der Waals surface area contributed by atoms with Crippen molar-refractivity contribution in [2.24, 2.45) is 5.73 Å². The van der Waals surface area contributed by atoms with Gasteiger partial charge in [-0.2, -0.15) is 0 Å². The number of aryl methyl sites for hydroxylation is 2. The highest BCUT2D eigenvalue weighted by Gasteiger charge is 1.94. The highest BCUT2D eigenvalue weighted by Crippen LogP contribution is 2.08. The average Bonchev–Trinajstić information content (AvgIpc) is 2.03. The summed E-state index contributed by atoms with van der Waals surface area (Å²) in [6.45, 7) is 2.93. The molecular weight excluding hydrogens is 134 g/mol. The van der Waals surface area contributed by atoms with Crippen LogP contribution in [0.15, 0.2) is 24.3 Å². The van der Waals surface area contributed by atoms with Crippen molar-refractivity contribution >= 4 is 0 Å². The number of benzene rings is 1. The first kappa shape index (κ1) is 8.28. The van der Waals surface area contributed by atoms with Gasteiger partial charge in [-0.3, -0.25) is 0 Å². The van der Waals surface area contributed by atoms with E-state index in [-0.39, 0.29) is 0 Å². The van der Waals surface area contributed by atoms with Gasteiger partial charge in [-0.25, -0.2) is 0 Å². The van der Waals surface area contributed by atoms with Crippen LogP contribution in [0.3, 0.4) is 0 Å². The molecule has 0 aliphatic rings. The van der Waals surface area contributed by atoms with Gasteiger partial charge in [0, 0.05) is 0 Å². The van der Waals surface area contributed by atoms with E-state index in [1.54, 1.807) is 0 Å². The molecule has 0 radical (unpaired) electrons. The van der Waals surface area contributed by atoms with Crippen LogP contribution < -0.4 is 5.73 Å². The zero-order valence-corrected chi connectivity index (χ0v) is 7.01. The molecule has 1 rings (SSSR count). The second-order valence-electron chi connectivity index (χ2n) is 2.82. The lowest BCUT2D eigenvalue weighted by atomic mass is 10.0. The lowest BCUT2D eigenvalue weighted by molar-refractivity contribution is 0.828. The van der Waals surface area contributed by atoms with Crippen LogP contribution in [0.25, 0.3) is 0 Å². The highest BCUT2D eigenvalue weighted by molar-refractivity contribution is 5.25. The number of hydrogen-bond acceptors (Lipinski definition) is 1. The highest BCUT2D eigenvalue weighted by atomic mass is 14.5. The van der Waals surface area contributed by atoms with E-state index in [2.05, 4.69) is 31.2 Å². The molecule has 0 atom stereocenters. The van der Waals surface area contributed by atoms with Gasteiger partial charge < -0.3 is 5.73 Å². The van der Waals surface area contributed by atoms with Gasteiger partial charge in [-0.05, 0) is 37.4 Å². The minimum absolute atomic E-state index is 0.786. The molecule has 0 amide bonds. The van der Waals surface area contributed by atoms with Gasteiger partial charge in [0.1, 0.15) is 0 Å². The summed E-state index contributed by atoms with van der Waals surface area (Å²) in [6, 6.07) is 8.47. The first-order valence-electron chi connectivity index (χ1n) is 4.09. The number of hydrogen-bond donors (Lipinski definition) is 1. The fourth-order valence-corrected chi connectivity index (χ4v) is 1.18. The SMILES string of the molecule is Cc1ccccc1CCCN. The molecule has 1 aromatic carbocycles. The second kappa shape index (κ2) is 4.14. The molecule has 11 heavy (non-hydrogen) atoms. The zero-order chi connectivity index (χ0) is 8.10. The summed E-state index contributed by atoms with van der Waals surface area (Å²) in [5, 5.41) is 0. The summed E-state index contributed by atoms with van der Waals surface area (Å²) < 4.78 is 0. The third-order valence-corrected chi connectivity index (χ3v) is 1.91. The normalized spacial score (nSPS) is 10.0. The summed E-state index contributed by atoms with van der Waals surface area (Å²) >= 11 is 0. The Labute approximate surface area is 68.2 Å². The van der Waals surface area contributed by atoms with Crippen molar-refractivity contribution in [3.8, 4) is 0 Å². The maximum atomic E-state index is 5.43. The Balaban J connectivity index is 2.62. The van der Waals surface area contributed by atoms with Crippen LogP contribution in [0, 0.1) is 6.92 Å². The molecule has 0 aromatic heterocycles. The van der Waals surface area contributed by atoms with E-state index in [1.165, 1.54) is 11.1 Å². The van der Waals surface area contributed by atoms with Crippen LogP contribution in [0.1, 0.15) is 17.5 Å². The number of rotatable bonds is 3. The molecule has 1 nitrogen and oxygen atoms in total. The Morgan fingerprint density at radius 3 is 2.64 bits per heavy atom. The molecule has 0 bridgehead atoms. The molecule has 1 heteroatoms. The van der Waals surface area contributed by atoms with E-state index in [1.807, 2.05) is 0 Å². The van der Waals surface area contributed by atoms with Crippen molar-refractivity contribution in [2.75, 3.05) is 6.54 Å². The molecule has 0 heterocycles. The van der Waals surface area contributed by atoms with Crippen molar-refractivity contribution in [2.45, 2.75) is 19.8 Å². The predicted octanol–water partition coefficient (Wildman–Crippen LogP) is 1.89. The summed E-state index contributed by atoms with van der Waals surface area (Å²) in [5.41, 5.74) is 8.23. The molecule has 0 saturated heterocycles. The lowest BCUT2D eigenvalue weighted by Gasteiger charge is -2.02. The fourth-order valence-electron chi connectivity index (χ4n) is 1.18. The smallest absolute Gasteiger partial charge is 0.00741 e. The van der Waals surface area contributed by atoms with E-state index in [0.29, 0.717) is 0 Å². The van der Waals surface area contributed by atoms with E-state index < -0.39 is 0 Å².